The van der Waals surface area contributed by atoms with Crippen LogP contribution in [0.15, 0.2) is 30.3 Å². The number of hydrogen-bond acceptors (Lipinski definition) is 4. The Kier molecular flexibility index (Phi) is 9.15. The van der Waals surface area contributed by atoms with E-state index in [4.69, 9.17) is 4.74 Å². The Balaban J connectivity index is 1.66. The van der Waals surface area contributed by atoms with E-state index in [1.807, 2.05) is 44.2 Å². The van der Waals surface area contributed by atoms with Crippen molar-refractivity contribution in [1.29, 1.82) is 0 Å². The van der Waals surface area contributed by atoms with Crippen molar-refractivity contribution >= 4 is 17.9 Å². The zero-order valence-electron chi connectivity index (χ0n) is 18.5. The molecule has 1 aliphatic rings. The summed E-state index contributed by atoms with van der Waals surface area (Å²) in [6.45, 7) is 7.15. The normalized spacial score (nSPS) is 14.2. The SMILES string of the molecule is CCC(C)(C)NC(=O)CCCCCCN1C(=O)CCN1C(=O)OCc1ccccc1. The Morgan fingerprint density at radius 3 is 2.50 bits per heavy atom. The molecule has 1 saturated heterocycles. The van der Waals surface area contributed by atoms with Gasteiger partial charge in [0.15, 0.2) is 0 Å². The van der Waals surface area contributed by atoms with Crippen LogP contribution in [0.25, 0.3) is 0 Å². The maximum Gasteiger partial charge on any atom is 0.429 e. The number of rotatable bonds is 11. The van der Waals surface area contributed by atoms with E-state index in [-0.39, 0.29) is 24.0 Å². The highest BCUT2D eigenvalue weighted by atomic mass is 16.6. The molecule has 0 spiro atoms. The van der Waals surface area contributed by atoms with Gasteiger partial charge in [0.25, 0.3) is 0 Å². The van der Waals surface area contributed by atoms with Crippen LogP contribution in [0, 0.1) is 0 Å². The first-order chi connectivity index (χ1) is 14.3. The van der Waals surface area contributed by atoms with Crippen LogP contribution in [0.3, 0.4) is 0 Å². The molecule has 0 saturated carbocycles. The number of hydrazine groups is 1. The van der Waals surface area contributed by atoms with Gasteiger partial charge in [0.1, 0.15) is 6.61 Å². The Morgan fingerprint density at radius 1 is 1.10 bits per heavy atom. The Labute approximate surface area is 179 Å². The third kappa shape index (κ3) is 7.69. The number of hydrogen-bond donors (Lipinski definition) is 1. The van der Waals surface area contributed by atoms with Gasteiger partial charge in [-0.25, -0.2) is 14.8 Å². The van der Waals surface area contributed by atoms with E-state index in [0.717, 1.165) is 37.7 Å². The van der Waals surface area contributed by atoms with Crippen molar-refractivity contribution < 1.29 is 19.1 Å². The minimum atomic E-state index is -0.486. The van der Waals surface area contributed by atoms with Crippen molar-refractivity contribution in [2.75, 3.05) is 13.1 Å². The number of carbonyl (C=O) groups is 3. The van der Waals surface area contributed by atoms with Crippen LogP contribution in [0.4, 0.5) is 4.79 Å². The second-order valence-corrected chi connectivity index (χ2v) is 8.38. The average molecular weight is 418 g/mol. The molecule has 1 fully saturated rings. The molecule has 1 aliphatic heterocycles. The number of benzene rings is 1. The third-order valence-corrected chi connectivity index (χ3v) is 5.42. The molecule has 0 aromatic heterocycles. The topological polar surface area (TPSA) is 79.0 Å². The van der Waals surface area contributed by atoms with Crippen LogP contribution < -0.4 is 5.32 Å². The van der Waals surface area contributed by atoms with E-state index in [0.29, 0.717) is 25.9 Å². The van der Waals surface area contributed by atoms with Crippen LogP contribution in [-0.4, -0.2) is 46.6 Å². The van der Waals surface area contributed by atoms with Gasteiger partial charge in [0, 0.05) is 24.9 Å². The molecule has 3 amide bonds. The second-order valence-electron chi connectivity index (χ2n) is 8.38. The summed E-state index contributed by atoms with van der Waals surface area (Å²) < 4.78 is 5.36. The predicted molar refractivity (Wildman–Crippen MR) is 115 cm³/mol. The average Bonchev–Trinajstić information content (AvgIpc) is 3.09. The molecule has 1 heterocycles. The number of carbonyl (C=O) groups excluding carboxylic acids is 3. The molecule has 0 bridgehead atoms. The highest BCUT2D eigenvalue weighted by Crippen LogP contribution is 2.16. The zero-order valence-corrected chi connectivity index (χ0v) is 18.5. The van der Waals surface area contributed by atoms with Gasteiger partial charge in [-0.1, -0.05) is 50.1 Å². The van der Waals surface area contributed by atoms with E-state index >= 15 is 0 Å². The van der Waals surface area contributed by atoms with Gasteiger partial charge in [-0.15, -0.1) is 0 Å². The van der Waals surface area contributed by atoms with Gasteiger partial charge in [-0.05, 0) is 38.7 Å². The molecule has 2 rings (SSSR count). The summed E-state index contributed by atoms with van der Waals surface area (Å²) >= 11 is 0. The van der Waals surface area contributed by atoms with Crippen molar-refractivity contribution in [1.82, 2.24) is 15.3 Å². The van der Waals surface area contributed by atoms with Crippen LogP contribution in [-0.2, 0) is 20.9 Å². The van der Waals surface area contributed by atoms with Gasteiger partial charge in [-0.2, -0.15) is 0 Å². The van der Waals surface area contributed by atoms with Crippen molar-refractivity contribution in [3.05, 3.63) is 35.9 Å². The van der Waals surface area contributed by atoms with E-state index in [1.165, 1.54) is 10.0 Å². The van der Waals surface area contributed by atoms with E-state index in [9.17, 15) is 14.4 Å². The first kappa shape index (κ1) is 23.7. The van der Waals surface area contributed by atoms with Gasteiger partial charge in [0.2, 0.25) is 11.8 Å². The standard InChI is InChI=1S/C23H35N3O4/c1-4-23(2,3)24-20(27)14-10-5-6-11-16-25-21(28)15-17-26(25)22(29)30-18-19-12-8-7-9-13-19/h7-9,12-13H,4-6,10-11,14-18H2,1-3H3,(H,24,27). The van der Waals surface area contributed by atoms with Crippen LogP contribution in [0.5, 0.6) is 0 Å². The number of nitrogens with zero attached hydrogens (tertiary/aromatic N) is 2. The number of unbranched alkanes of at least 4 members (excludes halogenated alkanes) is 3. The minimum Gasteiger partial charge on any atom is -0.443 e. The number of ether oxygens (including phenoxy) is 1. The van der Waals surface area contributed by atoms with Gasteiger partial charge >= 0.3 is 6.09 Å². The van der Waals surface area contributed by atoms with Gasteiger partial charge < -0.3 is 10.1 Å². The minimum absolute atomic E-state index is 0.0483. The van der Waals surface area contributed by atoms with E-state index in [2.05, 4.69) is 12.2 Å². The summed E-state index contributed by atoms with van der Waals surface area (Å²) in [4.78, 5) is 36.5. The molecule has 1 aromatic carbocycles. The summed E-state index contributed by atoms with van der Waals surface area (Å²) in [5.41, 5.74) is 0.750. The lowest BCUT2D eigenvalue weighted by molar-refractivity contribution is -0.136. The summed E-state index contributed by atoms with van der Waals surface area (Å²) in [7, 11) is 0. The Bertz CT molecular complexity index is 706. The molecule has 1 aromatic rings. The molecular formula is C23H35N3O4. The van der Waals surface area contributed by atoms with Gasteiger partial charge in [0.05, 0.1) is 6.54 Å². The van der Waals surface area contributed by atoms with Gasteiger partial charge in [-0.3, -0.25) is 9.59 Å². The molecule has 1 N–H and O–H groups in total. The molecule has 166 valence electrons. The lowest BCUT2D eigenvalue weighted by Crippen LogP contribution is -2.43. The fourth-order valence-corrected chi connectivity index (χ4v) is 3.24. The van der Waals surface area contributed by atoms with E-state index in [1.54, 1.807) is 0 Å². The van der Waals surface area contributed by atoms with E-state index < -0.39 is 6.09 Å². The lowest BCUT2D eigenvalue weighted by atomic mass is 10.0. The lowest BCUT2D eigenvalue weighted by Gasteiger charge is -2.27. The summed E-state index contributed by atoms with van der Waals surface area (Å²) in [5.74, 6) is 0.0387. The second kappa shape index (κ2) is 11.6. The van der Waals surface area contributed by atoms with Crippen molar-refractivity contribution in [3.8, 4) is 0 Å². The Morgan fingerprint density at radius 2 is 1.80 bits per heavy atom. The molecular weight excluding hydrogens is 382 g/mol. The van der Waals surface area contributed by atoms with Crippen LogP contribution in [0.2, 0.25) is 0 Å². The summed E-state index contributed by atoms with van der Waals surface area (Å²) in [6.07, 6.45) is 4.69. The monoisotopic (exact) mass is 417 g/mol. The quantitative estimate of drug-likeness (QED) is 0.552. The van der Waals surface area contributed by atoms with Crippen LogP contribution in [0.1, 0.15) is 71.3 Å². The third-order valence-electron chi connectivity index (χ3n) is 5.42. The maximum absolute atomic E-state index is 12.4. The molecule has 0 aliphatic carbocycles. The number of nitrogens with one attached hydrogen (secondary N) is 1. The largest absolute Gasteiger partial charge is 0.443 e. The van der Waals surface area contributed by atoms with Crippen molar-refractivity contribution in [2.45, 2.75) is 77.9 Å². The molecule has 0 radical (unpaired) electrons. The smallest absolute Gasteiger partial charge is 0.429 e. The molecule has 0 atom stereocenters. The van der Waals surface area contributed by atoms with Crippen molar-refractivity contribution in [3.63, 3.8) is 0 Å². The highest BCUT2D eigenvalue weighted by molar-refractivity contribution is 5.82. The molecule has 30 heavy (non-hydrogen) atoms. The molecule has 7 nitrogen and oxygen atoms in total. The number of amides is 3. The van der Waals surface area contributed by atoms with Crippen LogP contribution >= 0.6 is 0 Å². The van der Waals surface area contributed by atoms with Crippen molar-refractivity contribution in [2.24, 2.45) is 0 Å². The molecule has 7 heteroatoms. The fourth-order valence-electron chi connectivity index (χ4n) is 3.24. The Hall–Kier alpha value is -2.57. The fraction of sp³-hybridized carbons (Fsp3) is 0.609. The summed E-state index contributed by atoms with van der Waals surface area (Å²) in [6, 6.07) is 9.48. The maximum atomic E-state index is 12.4. The molecule has 0 unspecified atom stereocenters. The predicted octanol–water partition coefficient (Wildman–Crippen LogP) is 4.03. The summed E-state index contributed by atoms with van der Waals surface area (Å²) in [5, 5.41) is 5.95. The highest BCUT2D eigenvalue weighted by Gasteiger charge is 2.33. The first-order valence-electron chi connectivity index (χ1n) is 10.9. The zero-order chi connectivity index (χ0) is 22.0. The first-order valence-corrected chi connectivity index (χ1v) is 10.9.